The van der Waals surface area contributed by atoms with E-state index in [2.05, 4.69) is 155 Å². The van der Waals surface area contributed by atoms with Crippen LogP contribution in [0.4, 0.5) is 0 Å². The van der Waals surface area contributed by atoms with Crippen molar-refractivity contribution < 1.29 is 0 Å². The van der Waals surface area contributed by atoms with Gasteiger partial charge in [0.25, 0.3) is 0 Å². The predicted molar refractivity (Wildman–Crippen MR) is 207 cm³/mol. The van der Waals surface area contributed by atoms with Crippen molar-refractivity contribution in [2.45, 2.75) is 0 Å². The minimum Gasteiger partial charge on any atom is -0.307 e. The molecule has 0 radical (unpaired) electrons. The molecule has 0 fully saturated rings. The van der Waals surface area contributed by atoms with Crippen molar-refractivity contribution in [2.24, 2.45) is 0 Å². The van der Waals surface area contributed by atoms with Crippen molar-refractivity contribution in [3.8, 4) is 17.2 Å². The van der Waals surface area contributed by atoms with Crippen LogP contribution in [0.1, 0.15) is 0 Å². The Kier molecular flexibility index (Phi) is 4.83. The zero-order valence-corrected chi connectivity index (χ0v) is 26.9. The van der Waals surface area contributed by atoms with Crippen molar-refractivity contribution in [3.63, 3.8) is 0 Å². The molecule has 5 aromatic heterocycles. The zero-order valence-electron chi connectivity index (χ0n) is 26.1. The maximum Gasteiger partial charge on any atom is 0.235 e. The van der Waals surface area contributed by atoms with E-state index < -0.39 is 0 Å². The lowest BCUT2D eigenvalue weighted by Crippen LogP contribution is -2.03. The fraction of sp³-hybridized carbons (Fsp3) is 0. The topological polar surface area (TPSA) is 35.1 Å². The summed E-state index contributed by atoms with van der Waals surface area (Å²) in [6, 6.07) is 52.5. The monoisotopic (exact) mass is 640 g/mol. The highest BCUT2D eigenvalue weighted by molar-refractivity contribution is 7.26. The highest BCUT2D eigenvalue weighted by Crippen LogP contribution is 2.49. The number of hydrogen-bond acceptors (Lipinski definition) is 3. The molecule has 12 aromatic rings. The Hall–Kier alpha value is -6.30. The van der Waals surface area contributed by atoms with Gasteiger partial charge in [0, 0.05) is 58.1 Å². The van der Waals surface area contributed by atoms with Gasteiger partial charge >= 0.3 is 0 Å². The molecule has 226 valence electrons. The molecular formula is C44H24N4S. The standard InChI is InChI=1S/C44H24N4S/c1-2-12-25(13-3-1)41-30-15-4-7-20-32(30)45-44(46-41)47-34-22-11-17-27-29-19-10-18-28-26-14-5-8-21-33(26)48(42(28)29)43-39-31-16-6-9-23-36(31)49-37(39)24-35(47)40(43)38(27)34/h1-24H. The van der Waals surface area contributed by atoms with Crippen LogP contribution in [-0.2, 0) is 0 Å². The number of nitrogens with zero attached hydrogens (tertiary/aromatic N) is 4. The van der Waals surface area contributed by atoms with Crippen molar-refractivity contribution in [2.75, 3.05) is 0 Å². The van der Waals surface area contributed by atoms with Crippen LogP contribution in [0.2, 0.25) is 0 Å². The SMILES string of the molecule is c1ccc(-c2nc(-n3c4cccc5c6cccc7c8ccccc8n(c67)c6c7c(cc3c6c54)sc3ccccc37)nc3ccccc23)cc1. The molecular weight excluding hydrogens is 617 g/mol. The molecule has 0 aliphatic heterocycles. The van der Waals surface area contributed by atoms with Crippen LogP contribution in [-0.4, -0.2) is 18.9 Å². The molecule has 5 heterocycles. The molecule has 0 atom stereocenters. The first kappa shape index (κ1) is 25.7. The second-order valence-corrected chi connectivity index (χ2v) is 14.0. The number of thiophene rings is 1. The van der Waals surface area contributed by atoms with E-state index in [1.54, 1.807) is 0 Å². The molecule has 0 saturated heterocycles. The summed E-state index contributed by atoms with van der Waals surface area (Å²) >= 11 is 1.86. The Morgan fingerprint density at radius 1 is 0.429 bits per heavy atom. The Labute approximate surface area is 283 Å². The van der Waals surface area contributed by atoms with E-state index in [0.29, 0.717) is 5.95 Å². The van der Waals surface area contributed by atoms with Crippen LogP contribution in [0.5, 0.6) is 0 Å². The molecule has 12 rings (SSSR count). The lowest BCUT2D eigenvalue weighted by atomic mass is 10.0. The molecule has 49 heavy (non-hydrogen) atoms. The normalized spacial score (nSPS) is 12.5. The van der Waals surface area contributed by atoms with Crippen molar-refractivity contribution in [3.05, 3.63) is 146 Å². The van der Waals surface area contributed by atoms with Gasteiger partial charge in [-0.05, 0) is 35.7 Å². The average molecular weight is 641 g/mol. The molecule has 0 amide bonds. The molecule has 0 aliphatic carbocycles. The second kappa shape index (κ2) is 9.19. The fourth-order valence-corrected chi connectivity index (χ4v) is 9.65. The van der Waals surface area contributed by atoms with E-state index in [9.17, 15) is 0 Å². The number of para-hydroxylation sites is 3. The quantitative estimate of drug-likeness (QED) is 0.188. The summed E-state index contributed by atoms with van der Waals surface area (Å²) in [4.78, 5) is 10.7. The Morgan fingerprint density at radius 2 is 1.10 bits per heavy atom. The number of hydrogen-bond donors (Lipinski definition) is 0. The molecule has 0 spiro atoms. The summed E-state index contributed by atoms with van der Waals surface area (Å²) in [5, 5.41) is 11.1. The first-order chi connectivity index (χ1) is 24.3. The van der Waals surface area contributed by atoms with E-state index in [1.165, 1.54) is 69.0 Å². The summed E-state index contributed by atoms with van der Waals surface area (Å²) < 4.78 is 7.42. The summed E-state index contributed by atoms with van der Waals surface area (Å²) in [5.74, 6) is 0.678. The van der Waals surface area contributed by atoms with Crippen molar-refractivity contribution in [1.82, 2.24) is 18.9 Å². The molecule has 0 N–H and O–H groups in total. The molecule has 5 heteroatoms. The fourth-order valence-electron chi connectivity index (χ4n) is 8.51. The second-order valence-electron chi connectivity index (χ2n) is 12.9. The van der Waals surface area contributed by atoms with Gasteiger partial charge in [-0.3, -0.25) is 4.57 Å². The van der Waals surface area contributed by atoms with Gasteiger partial charge < -0.3 is 4.40 Å². The summed E-state index contributed by atoms with van der Waals surface area (Å²) in [6.07, 6.45) is 0. The predicted octanol–water partition coefficient (Wildman–Crippen LogP) is 11.9. The van der Waals surface area contributed by atoms with E-state index in [1.807, 2.05) is 11.3 Å². The lowest BCUT2D eigenvalue weighted by molar-refractivity contribution is 1.01. The van der Waals surface area contributed by atoms with E-state index in [-0.39, 0.29) is 0 Å². The van der Waals surface area contributed by atoms with Gasteiger partial charge in [-0.1, -0.05) is 115 Å². The Balaban J connectivity index is 1.40. The minimum atomic E-state index is 0.678. The van der Waals surface area contributed by atoms with Crippen molar-refractivity contribution >= 4 is 102 Å². The molecule has 0 saturated carbocycles. The maximum atomic E-state index is 5.41. The van der Waals surface area contributed by atoms with Gasteiger partial charge in [-0.2, -0.15) is 0 Å². The van der Waals surface area contributed by atoms with E-state index >= 15 is 0 Å². The van der Waals surface area contributed by atoms with Crippen LogP contribution < -0.4 is 0 Å². The van der Waals surface area contributed by atoms with Crippen molar-refractivity contribution in [1.29, 1.82) is 0 Å². The lowest BCUT2D eigenvalue weighted by Gasteiger charge is -2.12. The van der Waals surface area contributed by atoms with Crippen LogP contribution >= 0.6 is 11.3 Å². The van der Waals surface area contributed by atoms with Gasteiger partial charge in [-0.15, -0.1) is 11.3 Å². The van der Waals surface area contributed by atoms with Crippen LogP contribution in [0.3, 0.4) is 0 Å². The highest BCUT2D eigenvalue weighted by Gasteiger charge is 2.26. The Bertz CT molecular complexity index is 3330. The summed E-state index contributed by atoms with van der Waals surface area (Å²) in [7, 11) is 0. The van der Waals surface area contributed by atoms with E-state index in [0.717, 1.165) is 33.2 Å². The zero-order chi connectivity index (χ0) is 31.8. The van der Waals surface area contributed by atoms with E-state index in [4.69, 9.17) is 9.97 Å². The summed E-state index contributed by atoms with van der Waals surface area (Å²) in [6.45, 7) is 0. The Morgan fingerprint density at radius 3 is 2.00 bits per heavy atom. The molecule has 4 nitrogen and oxygen atoms in total. The van der Waals surface area contributed by atoms with Gasteiger partial charge in [0.15, 0.2) is 0 Å². The number of aromatic nitrogens is 4. The highest BCUT2D eigenvalue weighted by atomic mass is 32.1. The van der Waals surface area contributed by atoms with Gasteiger partial charge in [0.05, 0.1) is 38.8 Å². The maximum absolute atomic E-state index is 5.41. The molecule has 0 unspecified atom stereocenters. The first-order valence-corrected chi connectivity index (χ1v) is 17.4. The summed E-state index contributed by atoms with van der Waals surface area (Å²) in [5.41, 5.74) is 8.88. The minimum absolute atomic E-state index is 0.678. The smallest absolute Gasteiger partial charge is 0.235 e. The molecule has 7 aromatic carbocycles. The molecule has 0 aliphatic rings. The van der Waals surface area contributed by atoms with Gasteiger partial charge in [-0.25, -0.2) is 9.97 Å². The van der Waals surface area contributed by atoms with Crippen LogP contribution in [0.25, 0.3) is 108 Å². The number of benzene rings is 7. The third-order valence-corrected chi connectivity index (χ3v) is 11.6. The first-order valence-electron chi connectivity index (χ1n) is 16.6. The van der Waals surface area contributed by atoms with Crippen LogP contribution in [0, 0.1) is 0 Å². The molecule has 0 bridgehead atoms. The number of fused-ring (bicyclic) bond motifs is 10. The largest absolute Gasteiger partial charge is 0.307 e. The van der Waals surface area contributed by atoms with Crippen LogP contribution in [0.15, 0.2) is 146 Å². The number of rotatable bonds is 2. The van der Waals surface area contributed by atoms with Gasteiger partial charge in [0.1, 0.15) is 0 Å². The third-order valence-electron chi connectivity index (χ3n) is 10.4. The van der Waals surface area contributed by atoms with Gasteiger partial charge in [0.2, 0.25) is 5.95 Å². The average Bonchev–Trinajstić information content (AvgIpc) is 3.78. The third kappa shape index (κ3) is 3.23.